The molecule has 7 nitrogen and oxygen atoms in total. The summed E-state index contributed by atoms with van der Waals surface area (Å²) in [4.78, 5) is 38.0. The number of fused-ring (bicyclic) bond motifs is 7. The third-order valence-electron chi connectivity index (χ3n) is 13.9. The van der Waals surface area contributed by atoms with E-state index in [1.807, 2.05) is 13.8 Å². The van der Waals surface area contributed by atoms with E-state index in [2.05, 4.69) is 39.1 Å². The van der Waals surface area contributed by atoms with Crippen molar-refractivity contribution >= 4 is 17.7 Å². The van der Waals surface area contributed by atoms with Crippen molar-refractivity contribution < 1.29 is 29.3 Å². The van der Waals surface area contributed by atoms with Gasteiger partial charge in [0.05, 0.1) is 23.7 Å². The molecule has 3 unspecified atom stereocenters. The van der Waals surface area contributed by atoms with Crippen LogP contribution in [0.25, 0.3) is 0 Å². The van der Waals surface area contributed by atoms with Gasteiger partial charge < -0.3 is 20.3 Å². The third kappa shape index (κ3) is 4.07. The van der Waals surface area contributed by atoms with Crippen LogP contribution in [0.15, 0.2) is 11.6 Å². The first-order chi connectivity index (χ1) is 18.9. The monoisotopic (exact) mass is 571 g/mol. The first-order valence-electron chi connectivity index (χ1n) is 16.0. The van der Waals surface area contributed by atoms with Crippen molar-refractivity contribution in [3.8, 4) is 0 Å². The number of nitrogens with one attached hydrogen (secondary N) is 1. The highest BCUT2D eigenvalue weighted by molar-refractivity contribution is 5.89. The highest BCUT2D eigenvalue weighted by atomic mass is 16.6. The largest absolute Gasteiger partial charge is 0.456 e. The zero-order valence-corrected chi connectivity index (χ0v) is 26.6. The van der Waals surface area contributed by atoms with Gasteiger partial charge in [0.25, 0.3) is 0 Å². The first kappa shape index (κ1) is 30.7. The quantitative estimate of drug-likeness (QED) is 0.319. The zero-order chi connectivity index (χ0) is 30.4. The number of carbonyl (C=O) groups excluding carboxylic acids is 3. The van der Waals surface area contributed by atoms with Crippen LogP contribution in [0.4, 0.5) is 0 Å². The van der Waals surface area contributed by atoms with Crippen LogP contribution in [0.5, 0.6) is 0 Å². The van der Waals surface area contributed by atoms with Gasteiger partial charge >= 0.3 is 5.97 Å². The minimum absolute atomic E-state index is 0.0216. The first-order valence-corrected chi connectivity index (χ1v) is 16.0. The van der Waals surface area contributed by atoms with Gasteiger partial charge in [0.15, 0.2) is 0 Å². The van der Waals surface area contributed by atoms with Crippen molar-refractivity contribution in [2.75, 3.05) is 6.54 Å². The molecule has 7 heteroatoms. The second-order valence-electron chi connectivity index (χ2n) is 15.8. The second kappa shape index (κ2) is 9.64. The lowest BCUT2D eigenvalue weighted by atomic mass is 9.33. The van der Waals surface area contributed by atoms with Gasteiger partial charge in [0.1, 0.15) is 11.4 Å². The fourth-order valence-corrected chi connectivity index (χ4v) is 11.3. The van der Waals surface area contributed by atoms with Crippen molar-refractivity contribution in [1.29, 1.82) is 0 Å². The molecule has 0 saturated heterocycles. The maximum atomic E-state index is 14.0. The molecule has 1 amide bonds. The Morgan fingerprint density at radius 3 is 2.27 bits per heavy atom. The standard InChI is InChI=1S/C34H53NO6/c1-20-11-16-34(28(39)35-19-21(2)36)18-17-30(5)23(27(34)32(20,7)40)9-10-24-29(4)14-13-26(38)33(8,41-22(3)37)25(29)12-15-31(24,30)6/h9,20,24-27,38,40H,10-19H2,1-8H3,(H,35,39)/t20-,24?,25?,26+,27?,29-,30-,31-,32-,33+,34+/m1/s1. The van der Waals surface area contributed by atoms with Crippen molar-refractivity contribution in [2.24, 2.45) is 45.3 Å². The number of aliphatic hydroxyl groups excluding tert-OH is 1. The second-order valence-corrected chi connectivity index (χ2v) is 15.8. The number of amides is 1. The maximum absolute atomic E-state index is 14.0. The molecule has 0 spiro atoms. The average Bonchev–Trinajstić information content (AvgIpc) is 2.87. The van der Waals surface area contributed by atoms with E-state index in [1.54, 1.807) is 0 Å². The van der Waals surface area contributed by atoms with Crippen molar-refractivity contribution in [1.82, 2.24) is 5.32 Å². The molecule has 5 rings (SSSR count). The fourth-order valence-electron chi connectivity index (χ4n) is 11.3. The van der Waals surface area contributed by atoms with Crippen LogP contribution in [0.3, 0.4) is 0 Å². The molecule has 0 aromatic rings. The SMILES string of the molecule is CC(=O)CNC(=O)[C@]12CC[C@@H](C)[C@@](C)(O)C1C1=CCC3[C@@]4(C)CC[C@H](O)[C@@](C)(OC(C)=O)C4CC[C@@]3(C)[C@]1(C)CC2. The van der Waals surface area contributed by atoms with E-state index in [4.69, 9.17) is 4.74 Å². The van der Waals surface area contributed by atoms with Crippen LogP contribution in [-0.4, -0.2) is 51.7 Å². The van der Waals surface area contributed by atoms with E-state index < -0.39 is 22.7 Å². The Labute approximate surface area is 246 Å². The minimum atomic E-state index is -1.05. The molecule has 5 aliphatic carbocycles. The van der Waals surface area contributed by atoms with E-state index in [9.17, 15) is 24.6 Å². The van der Waals surface area contributed by atoms with Crippen LogP contribution < -0.4 is 5.32 Å². The Hall–Kier alpha value is -1.73. The van der Waals surface area contributed by atoms with E-state index in [1.165, 1.54) is 19.4 Å². The molecule has 11 atom stereocenters. The van der Waals surface area contributed by atoms with Crippen LogP contribution in [0.2, 0.25) is 0 Å². The molecular formula is C34H53NO6. The number of ketones is 1. The van der Waals surface area contributed by atoms with Crippen LogP contribution in [0.1, 0.15) is 113 Å². The Morgan fingerprint density at radius 1 is 0.951 bits per heavy atom. The predicted octanol–water partition coefficient (Wildman–Crippen LogP) is 5.12. The smallest absolute Gasteiger partial charge is 0.303 e. The van der Waals surface area contributed by atoms with Gasteiger partial charge in [-0.1, -0.05) is 39.3 Å². The molecule has 4 saturated carbocycles. The van der Waals surface area contributed by atoms with Gasteiger partial charge in [-0.2, -0.15) is 0 Å². The van der Waals surface area contributed by atoms with Gasteiger partial charge in [0.2, 0.25) is 5.91 Å². The van der Waals surface area contributed by atoms with E-state index in [0.29, 0.717) is 25.2 Å². The summed E-state index contributed by atoms with van der Waals surface area (Å²) in [5.41, 5.74) is -1.88. The predicted molar refractivity (Wildman–Crippen MR) is 157 cm³/mol. The lowest BCUT2D eigenvalue weighted by Gasteiger charge is -2.71. The van der Waals surface area contributed by atoms with Crippen LogP contribution >= 0.6 is 0 Å². The average molecular weight is 572 g/mol. The van der Waals surface area contributed by atoms with Crippen molar-refractivity contribution in [3.63, 3.8) is 0 Å². The summed E-state index contributed by atoms with van der Waals surface area (Å²) < 4.78 is 5.95. The molecule has 0 aromatic carbocycles. The lowest BCUT2D eigenvalue weighted by molar-refractivity contribution is -0.247. The highest BCUT2D eigenvalue weighted by Crippen LogP contribution is 2.75. The van der Waals surface area contributed by atoms with E-state index in [0.717, 1.165) is 38.5 Å². The van der Waals surface area contributed by atoms with E-state index in [-0.39, 0.29) is 58.2 Å². The number of esters is 1. The molecule has 230 valence electrons. The molecule has 41 heavy (non-hydrogen) atoms. The zero-order valence-electron chi connectivity index (χ0n) is 26.6. The summed E-state index contributed by atoms with van der Waals surface area (Å²) in [7, 11) is 0. The Kier molecular flexibility index (Phi) is 7.22. The molecule has 4 fully saturated rings. The van der Waals surface area contributed by atoms with Crippen LogP contribution in [0, 0.1) is 45.3 Å². The fraction of sp³-hybridized carbons (Fsp3) is 0.853. The number of hydrogen-bond donors (Lipinski definition) is 3. The molecule has 0 aliphatic heterocycles. The molecule has 0 radical (unpaired) electrons. The molecular weight excluding hydrogens is 518 g/mol. The number of rotatable bonds is 4. The van der Waals surface area contributed by atoms with Gasteiger partial charge in [-0.3, -0.25) is 14.4 Å². The Balaban J connectivity index is 1.60. The number of aliphatic hydroxyl groups is 2. The number of allylic oxidation sites excluding steroid dienone is 1. The number of carbonyl (C=O) groups is 3. The van der Waals surface area contributed by atoms with Crippen LogP contribution in [-0.2, 0) is 19.1 Å². The molecule has 5 aliphatic rings. The maximum Gasteiger partial charge on any atom is 0.303 e. The normalized spacial score (nSPS) is 50.7. The Morgan fingerprint density at radius 2 is 1.63 bits per heavy atom. The van der Waals surface area contributed by atoms with Gasteiger partial charge in [-0.25, -0.2) is 0 Å². The molecule has 0 heterocycles. The highest BCUT2D eigenvalue weighted by Gasteiger charge is 2.72. The molecule has 3 N–H and O–H groups in total. The summed E-state index contributed by atoms with van der Waals surface area (Å²) in [6, 6.07) is 0. The van der Waals surface area contributed by atoms with Gasteiger partial charge in [-0.15, -0.1) is 0 Å². The summed E-state index contributed by atoms with van der Waals surface area (Å²) in [6.45, 7) is 16.1. The number of Topliss-reactive ketones (excluding diaryl/α,β-unsaturated/α-hetero) is 1. The Bertz CT molecular complexity index is 1160. The number of ether oxygens (including phenoxy) is 1. The van der Waals surface area contributed by atoms with Crippen molar-refractivity contribution in [3.05, 3.63) is 11.6 Å². The van der Waals surface area contributed by atoms with E-state index >= 15 is 0 Å². The van der Waals surface area contributed by atoms with Gasteiger partial charge in [-0.05, 0) is 107 Å². The molecule has 0 bridgehead atoms. The summed E-state index contributed by atoms with van der Waals surface area (Å²) in [5, 5.41) is 26.3. The lowest BCUT2D eigenvalue weighted by Crippen LogP contribution is -2.69. The topological polar surface area (TPSA) is 113 Å². The minimum Gasteiger partial charge on any atom is -0.456 e. The molecule has 0 aromatic heterocycles. The van der Waals surface area contributed by atoms with Gasteiger partial charge in [0, 0.05) is 18.8 Å². The summed E-state index contributed by atoms with van der Waals surface area (Å²) >= 11 is 0. The third-order valence-corrected chi connectivity index (χ3v) is 13.9. The number of hydrogen-bond acceptors (Lipinski definition) is 6. The van der Waals surface area contributed by atoms with Crippen molar-refractivity contribution in [2.45, 2.75) is 130 Å². The summed E-state index contributed by atoms with van der Waals surface area (Å²) in [6.07, 6.45) is 8.83. The summed E-state index contributed by atoms with van der Waals surface area (Å²) in [5.74, 6) is -0.401.